The zero-order chi connectivity index (χ0) is 13.1. The molecule has 0 spiro atoms. The van der Waals surface area contributed by atoms with E-state index in [9.17, 15) is 5.11 Å². The van der Waals surface area contributed by atoms with Crippen molar-refractivity contribution in [2.75, 3.05) is 0 Å². The third-order valence-electron chi connectivity index (χ3n) is 2.93. The van der Waals surface area contributed by atoms with E-state index < -0.39 is 0 Å². The molecule has 0 aliphatic rings. The molecule has 3 nitrogen and oxygen atoms in total. The Balaban J connectivity index is 2.46. The van der Waals surface area contributed by atoms with Gasteiger partial charge in [-0.1, -0.05) is 43.7 Å². The summed E-state index contributed by atoms with van der Waals surface area (Å²) >= 11 is 0. The summed E-state index contributed by atoms with van der Waals surface area (Å²) in [6.45, 7) is 6.18. The van der Waals surface area contributed by atoms with Crippen LogP contribution in [0.5, 0.6) is 0 Å². The number of hydrogen-bond donors (Lipinski definition) is 1. The third-order valence-corrected chi connectivity index (χ3v) is 2.93. The van der Waals surface area contributed by atoms with E-state index in [-0.39, 0.29) is 12.5 Å². The summed E-state index contributed by atoms with van der Waals surface area (Å²) in [5.41, 5.74) is 3.95. The Morgan fingerprint density at radius 2 is 1.83 bits per heavy atom. The van der Waals surface area contributed by atoms with Gasteiger partial charge < -0.3 is 5.11 Å². The van der Waals surface area contributed by atoms with Crippen molar-refractivity contribution in [1.82, 2.24) is 9.97 Å². The van der Waals surface area contributed by atoms with Gasteiger partial charge in [-0.05, 0) is 12.8 Å². The van der Waals surface area contributed by atoms with E-state index in [0.29, 0.717) is 0 Å². The van der Waals surface area contributed by atoms with E-state index in [1.807, 2.05) is 24.3 Å². The number of hydrogen-bond acceptors (Lipinski definition) is 3. The second kappa shape index (κ2) is 5.27. The standard InChI is InChI=1S/C15H18N2O/c1-10(2)14-13(9-18)8-16-15(17-14)12-6-4-11(3)5-7-12/h4-8,10,18H,9H2,1-3H3. The Labute approximate surface area is 108 Å². The highest BCUT2D eigenvalue weighted by Crippen LogP contribution is 2.21. The van der Waals surface area contributed by atoms with Gasteiger partial charge in [0.1, 0.15) is 0 Å². The van der Waals surface area contributed by atoms with Gasteiger partial charge >= 0.3 is 0 Å². The van der Waals surface area contributed by atoms with Gasteiger partial charge in [0.25, 0.3) is 0 Å². The van der Waals surface area contributed by atoms with Crippen LogP contribution in [-0.4, -0.2) is 15.1 Å². The lowest BCUT2D eigenvalue weighted by atomic mass is 10.0. The van der Waals surface area contributed by atoms with Crippen molar-refractivity contribution in [3.63, 3.8) is 0 Å². The van der Waals surface area contributed by atoms with E-state index in [2.05, 4.69) is 30.7 Å². The maximum Gasteiger partial charge on any atom is 0.159 e. The SMILES string of the molecule is Cc1ccc(-c2ncc(CO)c(C(C)C)n2)cc1. The molecular weight excluding hydrogens is 224 g/mol. The minimum absolute atomic E-state index is 0.0122. The average Bonchev–Trinajstić information content (AvgIpc) is 2.39. The molecule has 0 aliphatic carbocycles. The first-order chi connectivity index (χ1) is 8.61. The fourth-order valence-electron chi connectivity index (χ4n) is 1.88. The van der Waals surface area contributed by atoms with Crippen LogP contribution in [0, 0.1) is 6.92 Å². The molecule has 2 aromatic rings. The van der Waals surface area contributed by atoms with Crippen molar-refractivity contribution in [1.29, 1.82) is 0 Å². The molecule has 0 aliphatic heterocycles. The Morgan fingerprint density at radius 1 is 1.17 bits per heavy atom. The van der Waals surface area contributed by atoms with Crippen LogP contribution in [0.15, 0.2) is 30.5 Å². The van der Waals surface area contributed by atoms with Crippen molar-refractivity contribution in [3.05, 3.63) is 47.3 Å². The smallest absolute Gasteiger partial charge is 0.159 e. The summed E-state index contributed by atoms with van der Waals surface area (Å²) in [7, 11) is 0. The van der Waals surface area contributed by atoms with Crippen LogP contribution in [0.4, 0.5) is 0 Å². The summed E-state index contributed by atoms with van der Waals surface area (Å²) in [4.78, 5) is 8.89. The van der Waals surface area contributed by atoms with Crippen LogP contribution < -0.4 is 0 Å². The van der Waals surface area contributed by atoms with Gasteiger partial charge in [0.05, 0.1) is 12.3 Å². The first-order valence-electron chi connectivity index (χ1n) is 6.15. The highest BCUT2D eigenvalue weighted by atomic mass is 16.3. The quantitative estimate of drug-likeness (QED) is 0.899. The highest BCUT2D eigenvalue weighted by Gasteiger charge is 2.11. The normalized spacial score (nSPS) is 10.9. The summed E-state index contributed by atoms with van der Waals surface area (Å²) in [5.74, 6) is 0.996. The topological polar surface area (TPSA) is 46.0 Å². The summed E-state index contributed by atoms with van der Waals surface area (Å²) in [6.07, 6.45) is 1.72. The molecule has 0 saturated heterocycles. The lowest BCUT2D eigenvalue weighted by Crippen LogP contribution is -2.03. The molecule has 1 heterocycles. The molecule has 2 rings (SSSR count). The first kappa shape index (κ1) is 12.7. The van der Waals surface area contributed by atoms with E-state index >= 15 is 0 Å². The first-order valence-corrected chi connectivity index (χ1v) is 6.15. The van der Waals surface area contributed by atoms with Crippen molar-refractivity contribution < 1.29 is 5.11 Å². The average molecular weight is 242 g/mol. The molecule has 0 fully saturated rings. The van der Waals surface area contributed by atoms with Crippen molar-refractivity contribution in [2.24, 2.45) is 0 Å². The second-order valence-electron chi connectivity index (χ2n) is 4.78. The molecular formula is C15H18N2O. The van der Waals surface area contributed by atoms with E-state index in [1.165, 1.54) is 5.56 Å². The van der Waals surface area contributed by atoms with E-state index in [1.54, 1.807) is 6.20 Å². The monoisotopic (exact) mass is 242 g/mol. The van der Waals surface area contributed by atoms with Gasteiger partial charge in [0, 0.05) is 17.3 Å². The number of aliphatic hydroxyl groups is 1. The van der Waals surface area contributed by atoms with E-state index in [0.717, 1.165) is 22.6 Å². The molecule has 1 N–H and O–H groups in total. The van der Waals surface area contributed by atoms with Gasteiger partial charge in [-0.15, -0.1) is 0 Å². The number of aliphatic hydroxyl groups excluding tert-OH is 1. The summed E-state index contributed by atoms with van der Waals surface area (Å²) < 4.78 is 0. The number of aromatic nitrogens is 2. The van der Waals surface area contributed by atoms with Crippen LogP contribution in [-0.2, 0) is 6.61 Å². The number of aryl methyl sites for hydroxylation is 1. The molecule has 0 amide bonds. The van der Waals surface area contributed by atoms with Crippen molar-refractivity contribution in [2.45, 2.75) is 33.3 Å². The van der Waals surface area contributed by atoms with Crippen LogP contribution in [0.1, 0.15) is 36.6 Å². The second-order valence-corrected chi connectivity index (χ2v) is 4.78. The van der Waals surface area contributed by atoms with Crippen LogP contribution in [0.3, 0.4) is 0 Å². The van der Waals surface area contributed by atoms with Crippen LogP contribution in [0.2, 0.25) is 0 Å². The zero-order valence-electron chi connectivity index (χ0n) is 11.0. The van der Waals surface area contributed by atoms with Gasteiger partial charge in [-0.25, -0.2) is 9.97 Å². The lowest BCUT2D eigenvalue weighted by molar-refractivity contribution is 0.279. The largest absolute Gasteiger partial charge is 0.392 e. The molecule has 0 atom stereocenters. The predicted octanol–water partition coefficient (Wildman–Crippen LogP) is 3.07. The molecule has 1 aromatic heterocycles. The van der Waals surface area contributed by atoms with Gasteiger partial charge in [-0.2, -0.15) is 0 Å². The van der Waals surface area contributed by atoms with Crippen molar-refractivity contribution in [3.8, 4) is 11.4 Å². The molecule has 0 radical (unpaired) electrons. The fraction of sp³-hybridized carbons (Fsp3) is 0.333. The Bertz CT molecular complexity index is 533. The van der Waals surface area contributed by atoms with E-state index in [4.69, 9.17) is 0 Å². The number of nitrogens with zero attached hydrogens (tertiary/aromatic N) is 2. The zero-order valence-corrected chi connectivity index (χ0v) is 11.0. The van der Waals surface area contributed by atoms with Gasteiger partial charge in [-0.3, -0.25) is 0 Å². The minimum Gasteiger partial charge on any atom is -0.392 e. The molecule has 0 bridgehead atoms. The maximum atomic E-state index is 9.29. The van der Waals surface area contributed by atoms with Gasteiger partial charge in [0.15, 0.2) is 5.82 Å². The molecule has 0 unspecified atom stereocenters. The summed E-state index contributed by atoms with van der Waals surface area (Å²) in [6, 6.07) is 8.14. The molecule has 0 saturated carbocycles. The predicted molar refractivity (Wildman–Crippen MR) is 72.2 cm³/mol. The van der Waals surface area contributed by atoms with Crippen LogP contribution in [0.25, 0.3) is 11.4 Å². The third kappa shape index (κ3) is 2.57. The Hall–Kier alpha value is -1.74. The van der Waals surface area contributed by atoms with Crippen LogP contribution >= 0.6 is 0 Å². The number of rotatable bonds is 3. The fourth-order valence-corrected chi connectivity index (χ4v) is 1.88. The Kier molecular flexibility index (Phi) is 3.72. The molecule has 94 valence electrons. The lowest BCUT2D eigenvalue weighted by Gasteiger charge is -2.11. The molecule has 3 heteroatoms. The minimum atomic E-state index is -0.0122. The number of benzene rings is 1. The summed E-state index contributed by atoms with van der Waals surface area (Å²) in [5, 5.41) is 9.29. The van der Waals surface area contributed by atoms with Gasteiger partial charge in [0.2, 0.25) is 0 Å². The maximum absolute atomic E-state index is 9.29. The molecule has 1 aromatic carbocycles. The molecule has 18 heavy (non-hydrogen) atoms. The Morgan fingerprint density at radius 3 is 2.39 bits per heavy atom. The highest BCUT2D eigenvalue weighted by molar-refractivity contribution is 5.55. The van der Waals surface area contributed by atoms with Crippen molar-refractivity contribution >= 4 is 0 Å².